The second-order valence-electron chi connectivity index (χ2n) is 6.79. The van der Waals surface area contributed by atoms with Crippen LogP contribution in [-0.4, -0.2) is 25.0 Å². The van der Waals surface area contributed by atoms with E-state index >= 15 is 0 Å². The van der Waals surface area contributed by atoms with Crippen molar-refractivity contribution in [2.75, 3.05) is 23.7 Å². The normalized spacial score (nSPS) is 14.7. The minimum Gasteiger partial charge on any atom is -0.398 e. The first-order chi connectivity index (χ1) is 12.1. The molecule has 2 aromatic rings. The molecule has 0 radical (unpaired) electrons. The molecule has 1 unspecified atom stereocenters. The molecule has 1 atom stereocenters. The van der Waals surface area contributed by atoms with Crippen LogP contribution in [0.3, 0.4) is 0 Å². The summed E-state index contributed by atoms with van der Waals surface area (Å²) in [5, 5.41) is 3.09. The van der Waals surface area contributed by atoms with E-state index in [1.165, 1.54) is 16.7 Å². The Balaban J connectivity index is 1.62. The quantitative estimate of drug-likeness (QED) is 0.825. The van der Waals surface area contributed by atoms with Crippen molar-refractivity contribution in [3.8, 4) is 0 Å². The molecule has 132 valence electrons. The Labute approximate surface area is 150 Å². The lowest BCUT2D eigenvalue weighted by Crippen LogP contribution is -2.47. The summed E-state index contributed by atoms with van der Waals surface area (Å²) in [5.74, 6) is 0.0730. The molecule has 4 nitrogen and oxygen atoms in total. The predicted molar refractivity (Wildman–Crippen MR) is 104 cm³/mol. The molecule has 0 aliphatic carbocycles. The van der Waals surface area contributed by atoms with Gasteiger partial charge in [0.2, 0.25) is 5.91 Å². The summed E-state index contributed by atoms with van der Waals surface area (Å²) in [4.78, 5) is 14.8. The van der Waals surface area contributed by atoms with Gasteiger partial charge in [-0.25, -0.2) is 0 Å². The fourth-order valence-electron chi connectivity index (χ4n) is 3.58. The first kappa shape index (κ1) is 17.3. The number of hydrogen-bond donors (Lipinski definition) is 2. The number of nitrogens with zero attached hydrogens (tertiary/aromatic N) is 1. The minimum atomic E-state index is -0.197. The van der Waals surface area contributed by atoms with Crippen molar-refractivity contribution < 1.29 is 4.79 Å². The summed E-state index contributed by atoms with van der Waals surface area (Å²) in [5.41, 5.74) is 11.8. The maximum atomic E-state index is 12.6. The van der Waals surface area contributed by atoms with Gasteiger partial charge in [0, 0.05) is 24.5 Å². The smallest absolute Gasteiger partial charge is 0.242 e. The van der Waals surface area contributed by atoms with E-state index in [0.29, 0.717) is 6.54 Å². The van der Waals surface area contributed by atoms with E-state index in [-0.39, 0.29) is 11.9 Å². The third kappa shape index (κ3) is 3.78. The SMILES string of the molecule is Cc1ccccc1CCNC(=O)C(C)N1CCCc2c(N)cccc21. The Hall–Kier alpha value is -2.49. The Morgan fingerprint density at radius 2 is 2.04 bits per heavy atom. The highest BCUT2D eigenvalue weighted by molar-refractivity contribution is 5.86. The zero-order chi connectivity index (χ0) is 17.8. The third-order valence-corrected chi connectivity index (χ3v) is 5.12. The lowest BCUT2D eigenvalue weighted by atomic mass is 9.98. The fourth-order valence-corrected chi connectivity index (χ4v) is 3.58. The number of nitrogens with one attached hydrogen (secondary N) is 1. The van der Waals surface area contributed by atoms with Gasteiger partial charge in [-0.1, -0.05) is 30.3 Å². The van der Waals surface area contributed by atoms with Crippen molar-refractivity contribution in [3.63, 3.8) is 0 Å². The van der Waals surface area contributed by atoms with Gasteiger partial charge in [0.25, 0.3) is 0 Å². The summed E-state index contributed by atoms with van der Waals surface area (Å²) in [6.45, 7) is 5.63. The van der Waals surface area contributed by atoms with Gasteiger partial charge in [0.1, 0.15) is 6.04 Å². The number of rotatable bonds is 5. The van der Waals surface area contributed by atoms with Crippen LogP contribution in [0, 0.1) is 6.92 Å². The van der Waals surface area contributed by atoms with Crippen molar-refractivity contribution in [2.24, 2.45) is 0 Å². The zero-order valence-electron chi connectivity index (χ0n) is 15.1. The summed E-state index contributed by atoms with van der Waals surface area (Å²) in [7, 11) is 0. The molecule has 4 heteroatoms. The van der Waals surface area contributed by atoms with Crippen LogP contribution in [0.25, 0.3) is 0 Å². The highest BCUT2D eigenvalue weighted by atomic mass is 16.2. The topological polar surface area (TPSA) is 58.4 Å². The van der Waals surface area contributed by atoms with Crippen molar-refractivity contribution in [1.82, 2.24) is 5.32 Å². The monoisotopic (exact) mass is 337 g/mol. The lowest BCUT2D eigenvalue weighted by Gasteiger charge is -2.36. The maximum Gasteiger partial charge on any atom is 0.242 e. The first-order valence-electron chi connectivity index (χ1n) is 9.04. The molecule has 25 heavy (non-hydrogen) atoms. The molecule has 3 N–H and O–H groups in total. The van der Waals surface area contributed by atoms with Crippen LogP contribution < -0.4 is 16.0 Å². The molecule has 1 amide bonds. The number of nitrogen functional groups attached to an aromatic ring is 1. The average Bonchev–Trinajstić information content (AvgIpc) is 2.62. The van der Waals surface area contributed by atoms with Gasteiger partial charge < -0.3 is 16.0 Å². The first-order valence-corrected chi connectivity index (χ1v) is 9.04. The van der Waals surface area contributed by atoms with Crippen LogP contribution >= 0.6 is 0 Å². The molecule has 0 spiro atoms. The molecule has 1 aliphatic heterocycles. The minimum absolute atomic E-state index is 0.0730. The number of amides is 1. The van der Waals surface area contributed by atoms with Crippen molar-refractivity contribution in [3.05, 3.63) is 59.2 Å². The molecular formula is C21H27N3O. The fraction of sp³-hybridized carbons (Fsp3) is 0.381. The molecular weight excluding hydrogens is 310 g/mol. The molecule has 0 bridgehead atoms. The van der Waals surface area contributed by atoms with E-state index in [0.717, 1.165) is 37.2 Å². The number of aryl methyl sites for hydroxylation is 1. The molecule has 3 rings (SSSR count). The van der Waals surface area contributed by atoms with E-state index in [1.54, 1.807) is 0 Å². The number of benzene rings is 2. The molecule has 1 aliphatic rings. The van der Waals surface area contributed by atoms with Gasteiger partial charge in [-0.15, -0.1) is 0 Å². The summed E-state index contributed by atoms with van der Waals surface area (Å²) in [6, 6.07) is 14.1. The van der Waals surface area contributed by atoms with Crippen LogP contribution in [-0.2, 0) is 17.6 Å². The Kier molecular flexibility index (Phi) is 5.27. The van der Waals surface area contributed by atoms with Gasteiger partial charge in [0.15, 0.2) is 0 Å². The van der Waals surface area contributed by atoms with E-state index in [4.69, 9.17) is 5.73 Å². The van der Waals surface area contributed by atoms with Crippen molar-refractivity contribution in [2.45, 2.75) is 39.2 Å². The zero-order valence-corrected chi connectivity index (χ0v) is 15.1. The van der Waals surface area contributed by atoms with E-state index < -0.39 is 0 Å². The highest BCUT2D eigenvalue weighted by Gasteiger charge is 2.26. The molecule has 1 heterocycles. The third-order valence-electron chi connectivity index (χ3n) is 5.12. The maximum absolute atomic E-state index is 12.6. The standard InChI is InChI=1S/C21H27N3O/c1-15-7-3-4-8-17(15)12-13-23-21(25)16(2)24-14-6-9-18-19(22)10-5-11-20(18)24/h3-5,7-8,10-11,16H,6,9,12-14,22H2,1-2H3,(H,23,25). The predicted octanol–water partition coefficient (Wildman–Crippen LogP) is 3.08. The van der Waals surface area contributed by atoms with E-state index in [2.05, 4.69) is 35.3 Å². The molecule has 0 saturated carbocycles. The van der Waals surface area contributed by atoms with Gasteiger partial charge in [-0.2, -0.15) is 0 Å². The Morgan fingerprint density at radius 3 is 2.84 bits per heavy atom. The Morgan fingerprint density at radius 1 is 1.24 bits per heavy atom. The van der Waals surface area contributed by atoms with Gasteiger partial charge >= 0.3 is 0 Å². The largest absolute Gasteiger partial charge is 0.398 e. The van der Waals surface area contributed by atoms with Crippen molar-refractivity contribution in [1.29, 1.82) is 0 Å². The summed E-state index contributed by atoms with van der Waals surface area (Å²) < 4.78 is 0. The second-order valence-corrected chi connectivity index (χ2v) is 6.79. The second kappa shape index (κ2) is 7.60. The van der Waals surface area contributed by atoms with Crippen LogP contribution in [0.1, 0.15) is 30.0 Å². The van der Waals surface area contributed by atoms with Crippen LogP contribution in [0.2, 0.25) is 0 Å². The van der Waals surface area contributed by atoms with Crippen LogP contribution in [0.5, 0.6) is 0 Å². The average molecular weight is 337 g/mol. The van der Waals surface area contributed by atoms with Gasteiger partial charge in [-0.3, -0.25) is 4.79 Å². The summed E-state index contributed by atoms with van der Waals surface area (Å²) >= 11 is 0. The molecule has 0 aromatic heterocycles. The number of nitrogens with two attached hydrogens (primary N) is 1. The number of fused-ring (bicyclic) bond motifs is 1. The lowest BCUT2D eigenvalue weighted by molar-refractivity contribution is -0.122. The number of carbonyl (C=O) groups excluding carboxylic acids is 1. The van der Waals surface area contributed by atoms with E-state index in [1.807, 2.05) is 31.2 Å². The van der Waals surface area contributed by atoms with Gasteiger partial charge in [-0.05, 0) is 61.9 Å². The Bertz CT molecular complexity index is 757. The van der Waals surface area contributed by atoms with Gasteiger partial charge in [0.05, 0.1) is 0 Å². The number of hydrogen-bond acceptors (Lipinski definition) is 3. The number of carbonyl (C=O) groups is 1. The highest BCUT2D eigenvalue weighted by Crippen LogP contribution is 2.32. The van der Waals surface area contributed by atoms with Crippen LogP contribution in [0.15, 0.2) is 42.5 Å². The van der Waals surface area contributed by atoms with E-state index in [9.17, 15) is 4.79 Å². The van der Waals surface area contributed by atoms with Crippen LogP contribution in [0.4, 0.5) is 11.4 Å². The van der Waals surface area contributed by atoms with Crippen molar-refractivity contribution >= 4 is 17.3 Å². The molecule has 2 aromatic carbocycles. The molecule has 0 fully saturated rings. The summed E-state index contributed by atoms with van der Waals surface area (Å²) in [6.07, 6.45) is 2.87. The molecule has 0 saturated heterocycles. The number of anilines is 2.